The molecule has 0 aromatic heterocycles. The molecule has 0 fully saturated rings. The average molecular weight is 362 g/mol. The highest BCUT2D eigenvalue weighted by atomic mass is 32.2. The zero-order chi connectivity index (χ0) is 18.3. The molecule has 0 saturated heterocycles. The molecule has 0 bridgehead atoms. The molecule has 1 N–H and O–H groups in total. The Kier molecular flexibility index (Phi) is 6.41. The van der Waals surface area contributed by atoms with Crippen molar-refractivity contribution in [2.24, 2.45) is 0 Å². The molecular formula is C18H22N2O4S. The van der Waals surface area contributed by atoms with Crippen LogP contribution in [0.3, 0.4) is 0 Å². The highest BCUT2D eigenvalue weighted by Gasteiger charge is 2.20. The maximum absolute atomic E-state index is 12.1. The van der Waals surface area contributed by atoms with E-state index in [4.69, 9.17) is 4.74 Å². The van der Waals surface area contributed by atoms with Gasteiger partial charge in [-0.3, -0.25) is 9.10 Å². The maximum atomic E-state index is 12.1. The summed E-state index contributed by atoms with van der Waals surface area (Å²) >= 11 is 0. The molecule has 0 radical (unpaired) electrons. The highest BCUT2D eigenvalue weighted by molar-refractivity contribution is 7.92. The van der Waals surface area contributed by atoms with E-state index in [1.54, 1.807) is 30.3 Å². The molecule has 0 spiro atoms. The summed E-state index contributed by atoms with van der Waals surface area (Å²) in [4.78, 5) is 12.1. The number of ether oxygens (including phenoxy) is 1. The number of carbonyl (C=O) groups excluding carboxylic acids is 1. The fourth-order valence-corrected chi connectivity index (χ4v) is 3.11. The van der Waals surface area contributed by atoms with Crippen molar-refractivity contribution in [1.82, 2.24) is 5.32 Å². The highest BCUT2D eigenvalue weighted by Crippen LogP contribution is 2.16. The van der Waals surface area contributed by atoms with Crippen LogP contribution in [0.4, 0.5) is 5.69 Å². The average Bonchev–Trinajstić information content (AvgIpc) is 2.58. The fourth-order valence-electron chi connectivity index (χ4n) is 2.25. The van der Waals surface area contributed by atoms with Crippen molar-refractivity contribution in [2.45, 2.75) is 6.92 Å². The number of hydrogen-bond acceptors (Lipinski definition) is 4. The first-order chi connectivity index (χ1) is 11.9. The summed E-state index contributed by atoms with van der Waals surface area (Å²) in [6.07, 6.45) is 1.08. The Morgan fingerprint density at radius 1 is 1.08 bits per heavy atom. The van der Waals surface area contributed by atoms with Crippen LogP contribution < -0.4 is 14.4 Å². The van der Waals surface area contributed by atoms with Crippen LogP contribution >= 0.6 is 0 Å². The number of nitrogens with zero attached hydrogens (tertiary/aromatic N) is 1. The van der Waals surface area contributed by atoms with Gasteiger partial charge in [0.1, 0.15) is 18.9 Å². The number of para-hydroxylation sites is 2. The number of hydrogen-bond donors (Lipinski definition) is 1. The predicted molar refractivity (Wildman–Crippen MR) is 98.3 cm³/mol. The molecule has 2 aromatic carbocycles. The smallest absolute Gasteiger partial charge is 0.240 e. The molecule has 0 atom stereocenters. The number of anilines is 1. The first-order valence-corrected chi connectivity index (χ1v) is 9.70. The van der Waals surface area contributed by atoms with E-state index in [1.807, 2.05) is 31.2 Å². The third-order valence-electron chi connectivity index (χ3n) is 3.51. The van der Waals surface area contributed by atoms with Gasteiger partial charge in [0, 0.05) is 0 Å². The maximum Gasteiger partial charge on any atom is 0.240 e. The predicted octanol–water partition coefficient (Wildman–Crippen LogP) is 1.96. The lowest BCUT2D eigenvalue weighted by Gasteiger charge is -2.21. The molecule has 134 valence electrons. The second-order valence-electron chi connectivity index (χ2n) is 5.57. The van der Waals surface area contributed by atoms with Crippen LogP contribution in [-0.2, 0) is 14.8 Å². The zero-order valence-corrected chi connectivity index (χ0v) is 15.1. The van der Waals surface area contributed by atoms with E-state index in [9.17, 15) is 13.2 Å². The first-order valence-electron chi connectivity index (χ1n) is 7.86. The van der Waals surface area contributed by atoms with E-state index in [2.05, 4.69) is 5.32 Å². The summed E-state index contributed by atoms with van der Waals surface area (Å²) in [5.74, 6) is 0.376. The number of benzene rings is 2. The summed E-state index contributed by atoms with van der Waals surface area (Å²) in [7, 11) is -3.55. The minimum absolute atomic E-state index is 0.271. The molecule has 2 rings (SSSR count). The summed E-state index contributed by atoms with van der Waals surface area (Å²) in [5.41, 5.74) is 1.47. The standard InChI is InChI=1S/C18H22N2O4S/c1-15-8-6-7-11-17(15)24-13-12-19-18(21)14-20(25(2,22)23)16-9-4-3-5-10-16/h3-11H,12-14H2,1-2H3,(H,19,21). The van der Waals surface area contributed by atoms with E-state index in [1.165, 1.54) is 0 Å². The first kappa shape index (κ1) is 18.8. The molecule has 6 nitrogen and oxygen atoms in total. The second-order valence-corrected chi connectivity index (χ2v) is 7.48. The SMILES string of the molecule is Cc1ccccc1OCCNC(=O)CN(c1ccccc1)S(C)(=O)=O. The van der Waals surface area contributed by atoms with Crippen molar-refractivity contribution in [1.29, 1.82) is 0 Å². The Bertz CT molecular complexity index is 807. The Morgan fingerprint density at radius 3 is 2.36 bits per heavy atom. The van der Waals surface area contributed by atoms with E-state index in [-0.39, 0.29) is 12.5 Å². The molecule has 25 heavy (non-hydrogen) atoms. The van der Waals surface area contributed by atoms with Gasteiger partial charge in [-0.15, -0.1) is 0 Å². The number of nitrogens with one attached hydrogen (secondary N) is 1. The summed E-state index contributed by atoms with van der Waals surface area (Å²) < 4.78 is 30.6. The van der Waals surface area contributed by atoms with Gasteiger partial charge in [0.15, 0.2) is 0 Å². The second kappa shape index (κ2) is 8.53. The Hall–Kier alpha value is -2.54. The van der Waals surface area contributed by atoms with Crippen molar-refractivity contribution < 1.29 is 17.9 Å². The van der Waals surface area contributed by atoms with Crippen LogP contribution in [0.15, 0.2) is 54.6 Å². The van der Waals surface area contributed by atoms with Gasteiger partial charge in [-0.2, -0.15) is 0 Å². The van der Waals surface area contributed by atoms with Crippen LogP contribution in [-0.4, -0.2) is 40.3 Å². The van der Waals surface area contributed by atoms with Crippen molar-refractivity contribution in [3.63, 3.8) is 0 Å². The van der Waals surface area contributed by atoms with Gasteiger partial charge in [-0.05, 0) is 30.7 Å². The van der Waals surface area contributed by atoms with Gasteiger partial charge in [-0.25, -0.2) is 8.42 Å². The third-order valence-corrected chi connectivity index (χ3v) is 4.65. The minimum Gasteiger partial charge on any atom is -0.491 e. The van der Waals surface area contributed by atoms with Crippen LogP contribution in [0.5, 0.6) is 5.75 Å². The van der Waals surface area contributed by atoms with E-state index in [0.717, 1.165) is 21.9 Å². The zero-order valence-electron chi connectivity index (χ0n) is 14.3. The van der Waals surface area contributed by atoms with Crippen molar-refractivity contribution in [3.05, 3.63) is 60.2 Å². The molecule has 7 heteroatoms. The Labute approximate surface area is 148 Å². The van der Waals surface area contributed by atoms with Gasteiger partial charge in [0.05, 0.1) is 18.5 Å². The van der Waals surface area contributed by atoms with Gasteiger partial charge >= 0.3 is 0 Å². The molecule has 0 aliphatic rings. The lowest BCUT2D eigenvalue weighted by molar-refractivity contribution is -0.119. The van der Waals surface area contributed by atoms with E-state index in [0.29, 0.717) is 18.8 Å². The molecule has 0 unspecified atom stereocenters. The number of amides is 1. The number of aryl methyl sites for hydroxylation is 1. The van der Waals surface area contributed by atoms with E-state index < -0.39 is 10.0 Å². The van der Waals surface area contributed by atoms with Crippen LogP contribution in [0.1, 0.15) is 5.56 Å². The molecule has 0 aliphatic carbocycles. The molecule has 0 aliphatic heterocycles. The quantitative estimate of drug-likeness (QED) is 0.729. The lowest BCUT2D eigenvalue weighted by Crippen LogP contribution is -2.41. The van der Waals surface area contributed by atoms with Gasteiger partial charge < -0.3 is 10.1 Å². The number of carbonyl (C=O) groups is 1. The van der Waals surface area contributed by atoms with Crippen LogP contribution in [0.2, 0.25) is 0 Å². The van der Waals surface area contributed by atoms with Crippen molar-refractivity contribution in [3.8, 4) is 5.75 Å². The Balaban J connectivity index is 1.87. The molecular weight excluding hydrogens is 340 g/mol. The third kappa shape index (κ3) is 5.79. The summed E-state index contributed by atoms with van der Waals surface area (Å²) in [5, 5.41) is 2.67. The number of rotatable bonds is 8. The number of sulfonamides is 1. The summed E-state index contributed by atoms with van der Waals surface area (Å²) in [6.45, 7) is 2.27. The molecule has 0 saturated carbocycles. The van der Waals surface area contributed by atoms with Crippen LogP contribution in [0, 0.1) is 6.92 Å². The molecule has 2 aromatic rings. The van der Waals surface area contributed by atoms with Crippen molar-refractivity contribution >= 4 is 21.6 Å². The van der Waals surface area contributed by atoms with E-state index >= 15 is 0 Å². The van der Waals surface area contributed by atoms with Crippen LogP contribution in [0.25, 0.3) is 0 Å². The molecule has 0 heterocycles. The van der Waals surface area contributed by atoms with Crippen molar-refractivity contribution in [2.75, 3.05) is 30.3 Å². The monoisotopic (exact) mass is 362 g/mol. The normalized spacial score (nSPS) is 11.0. The summed E-state index contributed by atoms with van der Waals surface area (Å²) in [6, 6.07) is 16.1. The minimum atomic E-state index is -3.55. The van der Waals surface area contributed by atoms with Gasteiger partial charge in [0.2, 0.25) is 15.9 Å². The topological polar surface area (TPSA) is 75.7 Å². The Morgan fingerprint density at radius 2 is 1.72 bits per heavy atom. The lowest BCUT2D eigenvalue weighted by atomic mass is 10.2. The fraction of sp³-hybridized carbons (Fsp3) is 0.278. The molecule has 1 amide bonds. The largest absolute Gasteiger partial charge is 0.491 e. The van der Waals surface area contributed by atoms with Gasteiger partial charge in [-0.1, -0.05) is 36.4 Å². The van der Waals surface area contributed by atoms with Gasteiger partial charge in [0.25, 0.3) is 0 Å².